The molecule has 5 rings (SSSR count). The number of piperazine rings is 1. The van der Waals surface area contributed by atoms with E-state index in [1.807, 2.05) is 24.4 Å². The third-order valence-corrected chi connectivity index (χ3v) is 6.82. The van der Waals surface area contributed by atoms with E-state index in [2.05, 4.69) is 20.8 Å². The van der Waals surface area contributed by atoms with E-state index in [9.17, 15) is 14.3 Å². The predicted molar refractivity (Wildman–Crippen MR) is 117 cm³/mol. The third kappa shape index (κ3) is 4.04. The standard InChI is InChI=1S/C23H28FN5O2/c24-18-5-3-17(4-6-18)14-26-12-13-28-19(15-26)7-10-27(21-2-1-9-25-22(21)28)16-20-8-11-29(20)23(30)31/h1-6,9,19-20H,7-8,10-16H2,(H,30,31)/t19?,20-/m0/s1. The molecular weight excluding hydrogens is 397 g/mol. The van der Waals surface area contributed by atoms with Crippen molar-refractivity contribution in [2.75, 3.05) is 49.1 Å². The molecule has 164 valence electrons. The van der Waals surface area contributed by atoms with Crippen molar-refractivity contribution in [3.05, 3.63) is 54.0 Å². The van der Waals surface area contributed by atoms with Crippen molar-refractivity contribution < 1.29 is 14.3 Å². The zero-order valence-corrected chi connectivity index (χ0v) is 17.5. The highest BCUT2D eigenvalue weighted by Crippen LogP contribution is 2.35. The predicted octanol–water partition coefficient (Wildman–Crippen LogP) is 2.87. The number of rotatable bonds is 4. The second-order valence-electron chi connectivity index (χ2n) is 8.71. The van der Waals surface area contributed by atoms with Gasteiger partial charge in [-0.3, -0.25) is 4.90 Å². The minimum absolute atomic E-state index is 0.0515. The summed E-state index contributed by atoms with van der Waals surface area (Å²) in [5, 5.41) is 9.38. The van der Waals surface area contributed by atoms with Gasteiger partial charge in [-0.05, 0) is 42.7 Å². The van der Waals surface area contributed by atoms with Crippen LogP contribution in [0.2, 0.25) is 0 Å². The number of nitrogens with zero attached hydrogens (tertiary/aromatic N) is 5. The van der Waals surface area contributed by atoms with Crippen molar-refractivity contribution in [2.24, 2.45) is 0 Å². The second-order valence-corrected chi connectivity index (χ2v) is 8.71. The minimum atomic E-state index is -0.827. The minimum Gasteiger partial charge on any atom is -0.465 e. The number of aromatic nitrogens is 1. The number of carbonyl (C=O) groups is 1. The van der Waals surface area contributed by atoms with Crippen molar-refractivity contribution in [1.29, 1.82) is 0 Å². The van der Waals surface area contributed by atoms with E-state index in [4.69, 9.17) is 4.98 Å². The highest BCUT2D eigenvalue weighted by Gasteiger charge is 2.37. The summed E-state index contributed by atoms with van der Waals surface area (Å²) >= 11 is 0. The van der Waals surface area contributed by atoms with Crippen molar-refractivity contribution in [3.8, 4) is 0 Å². The van der Waals surface area contributed by atoms with E-state index < -0.39 is 6.09 Å². The molecule has 2 fully saturated rings. The van der Waals surface area contributed by atoms with E-state index in [1.165, 1.54) is 12.1 Å². The Kier molecular flexibility index (Phi) is 5.40. The first-order valence-corrected chi connectivity index (χ1v) is 11.0. The maximum Gasteiger partial charge on any atom is 0.407 e. The molecule has 8 heteroatoms. The van der Waals surface area contributed by atoms with Gasteiger partial charge in [-0.25, -0.2) is 14.2 Å². The lowest BCUT2D eigenvalue weighted by atomic mass is 10.0. The Morgan fingerprint density at radius 2 is 1.94 bits per heavy atom. The molecule has 7 nitrogen and oxygen atoms in total. The van der Waals surface area contributed by atoms with Crippen LogP contribution in [-0.4, -0.2) is 77.3 Å². The highest BCUT2D eigenvalue weighted by molar-refractivity contribution is 5.70. The van der Waals surface area contributed by atoms with Gasteiger partial charge >= 0.3 is 6.09 Å². The Labute approximate surface area is 181 Å². The topological polar surface area (TPSA) is 63.2 Å². The fraction of sp³-hybridized carbons (Fsp3) is 0.478. The number of pyridine rings is 1. The molecule has 1 N–H and O–H groups in total. The summed E-state index contributed by atoms with van der Waals surface area (Å²) < 4.78 is 13.2. The van der Waals surface area contributed by atoms with Crippen LogP contribution in [0.4, 0.5) is 20.7 Å². The largest absolute Gasteiger partial charge is 0.465 e. The van der Waals surface area contributed by atoms with Crippen LogP contribution >= 0.6 is 0 Å². The molecule has 3 aliphatic heterocycles. The maximum absolute atomic E-state index is 13.2. The lowest BCUT2D eigenvalue weighted by Crippen LogP contribution is -2.55. The summed E-state index contributed by atoms with van der Waals surface area (Å²) in [5.74, 6) is 0.806. The molecule has 1 aromatic heterocycles. The Hall–Kier alpha value is -2.87. The maximum atomic E-state index is 13.2. The molecule has 3 aliphatic rings. The quantitative estimate of drug-likeness (QED) is 0.813. The van der Waals surface area contributed by atoms with Gasteiger partial charge in [-0.15, -0.1) is 0 Å². The Bertz CT molecular complexity index is 940. The zero-order valence-electron chi connectivity index (χ0n) is 17.5. The molecule has 2 atom stereocenters. The van der Waals surface area contributed by atoms with E-state index in [1.54, 1.807) is 4.90 Å². The lowest BCUT2D eigenvalue weighted by molar-refractivity contribution is 0.0782. The second kappa shape index (κ2) is 8.34. The summed E-state index contributed by atoms with van der Waals surface area (Å²) in [6.45, 7) is 5.80. The van der Waals surface area contributed by atoms with E-state index in [-0.39, 0.29) is 11.9 Å². The molecule has 2 saturated heterocycles. The van der Waals surface area contributed by atoms with Gasteiger partial charge < -0.3 is 19.8 Å². The van der Waals surface area contributed by atoms with Crippen molar-refractivity contribution in [3.63, 3.8) is 0 Å². The summed E-state index contributed by atoms with van der Waals surface area (Å²) in [6, 6.07) is 11.2. The number of amides is 1. The van der Waals surface area contributed by atoms with Crippen molar-refractivity contribution in [2.45, 2.75) is 31.5 Å². The first-order chi connectivity index (χ1) is 15.1. The highest BCUT2D eigenvalue weighted by atomic mass is 19.1. The summed E-state index contributed by atoms with van der Waals surface area (Å²) in [5.41, 5.74) is 2.23. The molecule has 1 amide bonds. The normalized spacial score (nSPS) is 23.6. The van der Waals surface area contributed by atoms with Crippen LogP contribution in [0, 0.1) is 5.82 Å². The first-order valence-electron chi connectivity index (χ1n) is 11.0. The van der Waals surface area contributed by atoms with Crippen molar-refractivity contribution in [1.82, 2.24) is 14.8 Å². The number of halogens is 1. The molecule has 2 aromatic rings. The van der Waals surface area contributed by atoms with E-state index in [0.717, 1.165) is 62.6 Å². The van der Waals surface area contributed by atoms with Crippen LogP contribution in [0.15, 0.2) is 42.6 Å². The average Bonchev–Trinajstić information content (AvgIpc) is 2.89. The van der Waals surface area contributed by atoms with E-state index in [0.29, 0.717) is 19.1 Å². The monoisotopic (exact) mass is 425 g/mol. The molecule has 0 spiro atoms. The number of carboxylic acid groups (broad SMARTS) is 1. The number of benzene rings is 1. The fourth-order valence-corrected chi connectivity index (χ4v) is 5.05. The molecule has 1 unspecified atom stereocenters. The molecule has 0 radical (unpaired) electrons. The van der Waals surface area contributed by atoms with E-state index >= 15 is 0 Å². The van der Waals surface area contributed by atoms with Crippen LogP contribution in [-0.2, 0) is 6.54 Å². The third-order valence-electron chi connectivity index (χ3n) is 6.82. The first kappa shape index (κ1) is 20.1. The van der Waals surface area contributed by atoms with Gasteiger partial charge in [-0.2, -0.15) is 0 Å². The van der Waals surface area contributed by atoms with Gasteiger partial charge in [0.15, 0.2) is 5.82 Å². The van der Waals surface area contributed by atoms with Gasteiger partial charge in [-0.1, -0.05) is 12.1 Å². The molecular formula is C23H28FN5O2. The summed E-state index contributed by atoms with van der Waals surface area (Å²) in [6.07, 6.45) is 2.93. The Balaban J connectivity index is 1.31. The number of anilines is 2. The van der Waals surface area contributed by atoms with Crippen LogP contribution < -0.4 is 9.80 Å². The van der Waals surface area contributed by atoms with Crippen LogP contribution in [0.3, 0.4) is 0 Å². The van der Waals surface area contributed by atoms with Gasteiger partial charge in [0.25, 0.3) is 0 Å². The molecule has 0 bridgehead atoms. The Morgan fingerprint density at radius 1 is 1.10 bits per heavy atom. The zero-order chi connectivity index (χ0) is 21.4. The summed E-state index contributed by atoms with van der Waals surface area (Å²) in [4.78, 5) is 24.9. The number of hydrogen-bond acceptors (Lipinski definition) is 5. The lowest BCUT2D eigenvalue weighted by Gasteiger charge is -2.42. The molecule has 1 aromatic carbocycles. The van der Waals surface area contributed by atoms with Crippen molar-refractivity contribution >= 4 is 17.6 Å². The van der Waals surface area contributed by atoms with Gasteiger partial charge in [0.05, 0.1) is 11.7 Å². The van der Waals surface area contributed by atoms with Crippen LogP contribution in [0.5, 0.6) is 0 Å². The van der Waals surface area contributed by atoms with Crippen LogP contribution in [0.25, 0.3) is 0 Å². The molecule has 4 heterocycles. The SMILES string of the molecule is O=C(O)N1CC[C@H]1CN1CCC2CN(Cc3ccc(F)cc3)CCN2c2ncccc21. The van der Waals surface area contributed by atoms with Gasteiger partial charge in [0, 0.05) is 58.1 Å². The average molecular weight is 426 g/mol. The molecule has 0 saturated carbocycles. The number of hydrogen-bond donors (Lipinski definition) is 1. The van der Waals surface area contributed by atoms with Crippen LogP contribution in [0.1, 0.15) is 18.4 Å². The smallest absolute Gasteiger partial charge is 0.407 e. The van der Waals surface area contributed by atoms with Gasteiger partial charge in [0.2, 0.25) is 0 Å². The molecule has 0 aliphatic carbocycles. The fourth-order valence-electron chi connectivity index (χ4n) is 5.05. The Morgan fingerprint density at radius 3 is 2.68 bits per heavy atom. The summed E-state index contributed by atoms with van der Waals surface area (Å²) in [7, 11) is 0. The number of likely N-dealkylation sites (tertiary alicyclic amines) is 1. The number of fused-ring (bicyclic) bond motifs is 3. The molecule has 31 heavy (non-hydrogen) atoms. The van der Waals surface area contributed by atoms with Gasteiger partial charge in [0.1, 0.15) is 5.82 Å².